The van der Waals surface area contributed by atoms with Gasteiger partial charge in [0.2, 0.25) is 11.7 Å². The van der Waals surface area contributed by atoms with Crippen LogP contribution in [0, 0.1) is 0 Å². The highest BCUT2D eigenvalue weighted by atomic mass is 16.5. The molecule has 0 radical (unpaired) electrons. The van der Waals surface area contributed by atoms with E-state index in [2.05, 4.69) is 5.32 Å². The van der Waals surface area contributed by atoms with Crippen LogP contribution in [-0.4, -0.2) is 26.0 Å². The number of hydrogen-bond donors (Lipinski definition) is 2. The zero-order valence-corrected chi connectivity index (χ0v) is 17.2. The van der Waals surface area contributed by atoms with Crippen LogP contribution in [0.4, 0.5) is 0 Å². The lowest BCUT2D eigenvalue weighted by Gasteiger charge is -2.18. The van der Waals surface area contributed by atoms with Gasteiger partial charge in [-0.15, -0.1) is 0 Å². The van der Waals surface area contributed by atoms with Crippen molar-refractivity contribution < 1.29 is 23.8 Å². The largest absolute Gasteiger partial charge is 0.493 e. The molecule has 0 fully saturated rings. The Morgan fingerprint density at radius 3 is 2.55 bits per heavy atom. The van der Waals surface area contributed by atoms with Gasteiger partial charge in [-0.05, 0) is 53.1 Å². The van der Waals surface area contributed by atoms with Crippen molar-refractivity contribution in [2.75, 3.05) is 14.2 Å². The van der Waals surface area contributed by atoms with Crippen LogP contribution in [0.3, 0.4) is 0 Å². The number of nitrogens with two attached hydrogens (primary N) is 1. The van der Waals surface area contributed by atoms with Crippen LogP contribution < -0.4 is 25.3 Å². The molecule has 1 heterocycles. The van der Waals surface area contributed by atoms with Crippen LogP contribution in [-0.2, 0) is 13.2 Å². The molecule has 7 nitrogen and oxygen atoms in total. The van der Waals surface area contributed by atoms with Crippen molar-refractivity contribution >= 4 is 11.8 Å². The van der Waals surface area contributed by atoms with Crippen LogP contribution in [0.1, 0.15) is 31.8 Å². The molecular weight excluding hydrogens is 396 g/mol. The Labute approximate surface area is 179 Å². The fourth-order valence-corrected chi connectivity index (χ4v) is 3.64. The summed E-state index contributed by atoms with van der Waals surface area (Å²) in [5, 5.41) is 2.83. The Morgan fingerprint density at radius 1 is 1.00 bits per heavy atom. The molecule has 7 heteroatoms. The third-order valence-electron chi connectivity index (χ3n) is 5.20. The van der Waals surface area contributed by atoms with E-state index in [1.54, 1.807) is 32.4 Å². The Kier molecular flexibility index (Phi) is 5.49. The molecule has 0 saturated carbocycles. The average Bonchev–Trinajstić information content (AvgIpc) is 3.17. The van der Waals surface area contributed by atoms with Gasteiger partial charge in [-0.2, -0.15) is 0 Å². The molecule has 0 unspecified atom stereocenters. The van der Waals surface area contributed by atoms with Gasteiger partial charge in [-0.1, -0.05) is 18.2 Å². The normalized spacial score (nSPS) is 12.1. The Hall–Kier alpha value is -4.00. The zero-order valence-electron chi connectivity index (χ0n) is 17.2. The molecule has 158 valence electrons. The third kappa shape index (κ3) is 3.90. The minimum Gasteiger partial charge on any atom is -0.493 e. The molecule has 0 atom stereocenters. The van der Waals surface area contributed by atoms with Crippen molar-refractivity contribution in [2.24, 2.45) is 5.73 Å². The molecule has 3 N–H and O–H groups in total. The minimum absolute atomic E-state index is 0.0698. The number of primary amides is 1. The molecule has 1 aliphatic heterocycles. The van der Waals surface area contributed by atoms with E-state index in [4.69, 9.17) is 19.9 Å². The van der Waals surface area contributed by atoms with Gasteiger partial charge in [0.15, 0.2) is 11.5 Å². The first-order valence-electron chi connectivity index (χ1n) is 9.70. The van der Waals surface area contributed by atoms with Crippen molar-refractivity contribution in [1.29, 1.82) is 0 Å². The maximum atomic E-state index is 11.9. The van der Waals surface area contributed by atoms with Crippen molar-refractivity contribution in [2.45, 2.75) is 13.2 Å². The molecule has 0 saturated heterocycles. The van der Waals surface area contributed by atoms with Gasteiger partial charge in [-0.25, -0.2) is 0 Å². The maximum absolute atomic E-state index is 11.9. The molecular formula is C24H22N2O5. The second-order valence-electron chi connectivity index (χ2n) is 7.09. The number of hydrogen-bond acceptors (Lipinski definition) is 5. The zero-order chi connectivity index (χ0) is 22.0. The third-order valence-corrected chi connectivity index (χ3v) is 5.20. The lowest BCUT2D eigenvalue weighted by atomic mass is 9.99. The van der Waals surface area contributed by atoms with Crippen LogP contribution in [0.5, 0.6) is 17.2 Å². The van der Waals surface area contributed by atoms with E-state index in [1.807, 2.05) is 36.4 Å². The van der Waals surface area contributed by atoms with Crippen LogP contribution in [0.2, 0.25) is 0 Å². The number of fused-ring (bicyclic) bond motifs is 1. The van der Waals surface area contributed by atoms with Crippen molar-refractivity contribution in [3.05, 3.63) is 76.9 Å². The first kappa shape index (κ1) is 20.3. The number of nitrogens with one attached hydrogen (secondary N) is 1. The molecule has 4 rings (SSSR count). The van der Waals surface area contributed by atoms with Gasteiger partial charge in [0, 0.05) is 23.2 Å². The van der Waals surface area contributed by atoms with Crippen LogP contribution >= 0.6 is 0 Å². The molecule has 3 aromatic carbocycles. The summed E-state index contributed by atoms with van der Waals surface area (Å²) in [6.07, 6.45) is 0. The van der Waals surface area contributed by atoms with Gasteiger partial charge in [-0.3, -0.25) is 9.59 Å². The number of methoxy groups -OCH3 is 2. The Bertz CT molecular complexity index is 1170. The number of carbonyl (C=O) groups excluding carboxylic acids is 2. The fourth-order valence-electron chi connectivity index (χ4n) is 3.64. The van der Waals surface area contributed by atoms with Gasteiger partial charge in [0.25, 0.3) is 5.91 Å². The lowest BCUT2D eigenvalue weighted by molar-refractivity contribution is 0.0964. The van der Waals surface area contributed by atoms with E-state index in [0.717, 1.165) is 22.3 Å². The molecule has 31 heavy (non-hydrogen) atoms. The predicted molar refractivity (Wildman–Crippen MR) is 115 cm³/mol. The highest BCUT2D eigenvalue weighted by molar-refractivity contribution is 5.99. The lowest BCUT2D eigenvalue weighted by Crippen LogP contribution is -2.12. The maximum Gasteiger partial charge on any atom is 0.251 e. The summed E-state index contributed by atoms with van der Waals surface area (Å²) < 4.78 is 17.2. The van der Waals surface area contributed by atoms with Crippen molar-refractivity contribution in [3.8, 4) is 28.4 Å². The summed E-state index contributed by atoms with van der Waals surface area (Å²) in [6.45, 7) is 0.689. The van der Waals surface area contributed by atoms with Crippen molar-refractivity contribution in [1.82, 2.24) is 5.32 Å². The number of benzene rings is 3. The molecule has 1 aliphatic rings. The van der Waals surface area contributed by atoms with Gasteiger partial charge in [0.05, 0.1) is 14.2 Å². The quantitative estimate of drug-likeness (QED) is 0.613. The summed E-state index contributed by atoms with van der Waals surface area (Å²) >= 11 is 0. The molecule has 3 aromatic rings. The monoisotopic (exact) mass is 418 g/mol. The summed E-state index contributed by atoms with van der Waals surface area (Å²) in [5.41, 5.74) is 9.87. The summed E-state index contributed by atoms with van der Waals surface area (Å²) in [5.74, 6) is 0.928. The Morgan fingerprint density at radius 2 is 1.81 bits per heavy atom. The van der Waals surface area contributed by atoms with E-state index >= 15 is 0 Å². The van der Waals surface area contributed by atoms with Gasteiger partial charge in [0.1, 0.15) is 6.61 Å². The van der Waals surface area contributed by atoms with E-state index in [1.165, 1.54) is 0 Å². The van der Waals surface area contributed by atoms with Gasteiger partial charge < -0.3 is 25.3 Å². The number of amides is 2. The molecule has 0 bridgehead atoms. The fraction of sp³-hybridized carbons (Fsp3) is 0.167. The van der Waals surface area contributed by atoms with Crippen LogP contribution in [0.15, 0.2) is 54.6 Å². The summed E-state index contributed by atoms with van der Waals surface area (Å²) in [6, 6.07) is 16.3. The highest BCUT2D eigenvalue weighted by Gasteiger charge is 2.22. The molecule has 2 amide bonds. The van der Waals surface area contributed by atoms with E-state index in [9.17, 15) is 9.59 Å². The second kappa shape index (κ2) is 8.39. The smallest absolute Gasteiger partial charge is 0.251 e. The Balaban J connectivity index is 1.74. The number of rotatable bonds is 7. The molecule has 0 aliphatic carbocycles. The topological polar surface area (TPSA) is 99.9 Å². The van der Waals surface area contributed by atoms with Crippen molar-refractivity contribution in [3.63, 3.8) is 0 Å². The molecule has 0 aromatic heterocycles. The van der Waals surface area contributed by atoms with E-state index < -0.39 is 5.91 Å². The second-order valence-corrected chi connectivity index (χ2v) is 7.09. The highest BCUT2D eigenvalue weighted by Crippen LogP contribution is 2.45. The average molecular weight is 418 g/mol. The first-order valence-corrected chi connectivity index (χ1v) is 9.70. The SMILES string of the molecule is COc1ccc(-c2ccc3c(c2)CNC3=O)c(OCc2cccc(C(N)=O)c2)c1OC. The van der Waals surface area contributed by atoms with E-state index in [0.29, 0.717) is 34.9 Å². The number of ether oxygens (including phenoxy) is 3. The minimum atomic E-state index is -0.497. The van der Waals surface area contributed by atoms with Gasteiger partial charge >= 0.3 is 0 Å². The summed E-state index contributed by atoms with van der Waals surface area (Å²) in [4.78, 5) is 23.4. The standard InChI is InChI=1S/C24H22N2O5/c1-29-20-9-8-18(15-6-7-19-17(11-15)12-26-24(19)28)21(22(20)30-2)31-13-14-4-3-5-16(10-14)23(25)27/h3-11H,12-13H2,1-2H3,(H2,25,27)(H,26,28). The van der Waals surface area contributed by atoms with E-state index in [-0.39, 0.29) is 12.5 Å². The first-order chi connectivity index (χ1) is 15.0. The number of carbonyl (C=O) groups is 2. The predicted octanol–water partition coefficient (Wildman–Crippen LogP) is 3.29. The summed E-state index contributed by atoms with van der Waals surface area (Å²) in [7, 11) is 3.11. The van der Waals surface area contributed by atoms with Crippen LogP contribution in [0.25, 0.3) is 11.1 Å². The molecule has 0 spiro atoms.